The van der Waals surface area contributed by atoms with Crippen LogP contribution in [0, 0.1) is 13.8 Å². The summed E-state index contributed by atoms with van der Waals surface area (Å²) < 4.78 is 5.02. The molecule has 0 aliphatic heterocycles. The highest BCUT2D eigenvalue weighted by atomic mass is 16.5. The van der Waals surface area contributed by atoms with Crippen molar-refractivity contribution in [2.45, 2.75) is 13.8 Å². The SMILES string of the molecule is Cc1cc(-c2cc(C)c(C(=O)O)[nH]2)on1. The summed E-state index contributed by atoms with van der Waals surface area (Å²) in [7, 11) is 0. The number of H-pyrrole nitrogens is 1. The van der Waals surface area contributed by atoms with Gasteiger partial charge in [-0.25, -0.2) is 4.79 Å². The largest absolute Gasteiger partial charge is 0.477 e. The molecule has 2 N–H and O–H groups in total. The third kappa shape index (κ3) is 1.63. The van der Waals surface area contributed by atoms with E-state index in [0.29, 0.717) is 17.0 Å². The number of aryl methyl sites for hydroxylation is 2. The van der Waals surface area contributed by atoms with Crippen LogP contribution in [0.3, 0.4) is 0 Å². The van der Waals surface area contributed by atoms with Crippen molar-refractivity contribution in [3.8, 4) is 11.5 Å². The molecular weight excluding hydrogens is 196 g/mol. The molecular formula is C10H10N2O3. The van der Waals surface area contributed by atoms with Gasteiger partial charge in [0.2, 0.25) is 0 Å². The summed E-state index contributed by atoms with van der Waals surface area (Å²) in [6.45, 7) is 3.54. The number of aromatic carboxylic acids is 1. The molecule has 0 atom stereocenters. The highest BCUT2D eigenvalue weighted by Gasteiger charge is 2.14. The van der Waals surface area contributed by atoms with E-state index in [-0.39, 0.29) is 5.69 Å². The summed E-state index contributed by atoms with van der Waals surface area (Å²) in [6, 6.07) is 3.47. The number of aromatic nitrogens is 2. The average molecular weight is 206 g/mol. The van der Waals surface area contributed by atoms with Gasteiger partial charge in [0.25, 0.3) is 0 Å². The second kappa shape index (κ2) is 3.27. The van der Waals surface area contributed by atoms with Gasteiger partial charge in [0.1, 0.15) is 5.69 Å². The van der Waals surface area contributed by atoms with Gasteiger partial charge in [-0.3, -0.25) is 0 Å². The van der Waals surface area contributed by atoms with Crippen molar-refractivity contribution >= 4 is 5.97 Å². The molecule has 0 fully saturated rings. The molecule has 0 spiro atoms. The summed E-state index contributed by atoms with van der Waals surface area (Å²) in [5, 5.41) is 12.6. The minimum atomic E-state index is -0.977. The fourth-order valence-corrected chi connectivity index (χ4v) is 1.40. The van der Waals surface area contributed by atoms with Crippen molar-refractivity contribution in [3.63, 3.8) is 0 Å². The molecule has 0 saturated heterocycles. The maximum atomic E-state index is 10.8. The molecule has 2 aromatic rings. The van der Waals surface area contributed by atoms with Crippen molar-refractivity contribution < 1.29 is 14.4 Å². The van der Waals surface area contributed by atoms with Gasteiger partial charge >= 0.3 is 5.97 Å². The molecule has 0 aromatic carbocycles. The zero-order chi connectivity index (χ0) is 11.0. The highest BCUT2D eigenvalue weighted by molar-refractivity contribution is 5.88. The summed E-state index contributed by atoms with van der Waals surface area (Å²) in [6.07, 6.45) is 0. The smallest absolute Gasteiger partial charge is 0.352 e. The van der Waals surface area contributed by atoms with E-state index in [1.807, 2.05) is 0 Å². The Balaban J connectivity index is 2.46. The van der Waals surface area contributed by atoms with Crippen LogP contribution < -0.4 is 0 Å². The van der Waals surface area contributed by atoms with Crippen molar-refractivity contribution in [1.29, 1.82) is 0 Å². The van der Waals surface area contributed by atoms with Crippen LogP contribution in [0.25, 0.3) is 11.5 Å². The fraction of sp³-hybridized carbons (Fsp3) is 0.200. The third-order valence-corrected chi connectivity index (χ3v) is 2.12. The summed E-state index contributed by atoms with van der Waals surface area (Å²) >= 11 is 0. The standard InChI is InChI=1S/C10H10N2O3/c1-5-3-7(11-9(5)10(13)14)8-4-6(2)12-15-8/h3-4,11H,1-2H3,(H,13,14). The van der Waals surface area contributed by atoms with Crippen LogP contribution in [0.4, 0.5) is 0 Å². The lowest BCUT2D eigenvalue weighted by atomic mass is 10.2. The predicted octanol–water partition coefficient (Wildman–Crippen LogP) is 1.98. The summed E-state index contributed by atoms with van der Waals surface area (Å²) in [4.78, 5) is 13.6. The lowest BCUT2D eigenvalue weighted by Gasteiger charge is -1.89. The average Bonchev–Trinajstić information content (AvgIpc) is 2.71. The van der Waals surface area contributed by atoms with Crippen molar-refractivity contribution in [2.75, 3.05) is 0 Å². The van der Waals surface area contributed by atoms with Crippen molar-refractivity contribution in [3.05, 3.63) is 29.1 Å². The van der Waals surface area contributed by atoms with Gasteiger partial charge in [-0.1, -0.05) is 5.16 Å². The highest BCUT2D eigenvalue weighted by Crippen LogP contribution is 2.22. The first-order chi connectivity index (χ1) is 7.08. The molecule has 0 saturated carbocycles. The normalized spacial score (nSPS) is 10.5. The lowest BCUT2D eigenvalue weighted by Crippen LogP contribution is -1.98. The number of rotatable bonds is 2. The van der Waals surface area contributed by atoms with E-state index >= 15 is 0 Å². The zero-order valence-corrected chi connectivity index (χ0v) is 8.37. The topological polar surface area (TPSA) is 79.1 Å². The number of hydrogen-bond donors (Lipinski definition) is 2. The molecule has 15 heavy (non-hydrogen) atoms. The van der Waals surface area contributed by atoms with E-state index in [9.17, 15) is 4.79 Å². The van der Waals surface area contributed by atoms with Crippen molar-refractivity contribution in [2.24, 2.45) is 0 Å². The van der Waals surface area contributed by atoms with Gasteiger partial charge in [0.15, 0.2) is 5.76 Å². The second-order valence-electron chi connectivity index (χ2n) is 3.38. The Morgan fingerprint density at radius 1 is 1.47 bits per heavy atom. The van der Waals surface area contributed by atoms with Gasteiger partial charge < -0.3 is 14.6 Å². The summed E-state index contributed by atoms with van der Waals surface area (Å²) in [5.41, 5.74) is 2.24. The van der Waals surface area contributed by atoms with Gasteiger partial charge in [0, 0.05) is 6.07 Å². The van der Waals surface area contributed by atoms with Gasteiger partial charge in [-0.05, 0) is 25.5 Å². The number of nitrogens with zero attached hydrogens (tertiary/aromatic N) is 1. The summed E-state index contributed by atoms with van der Waals surface area (Å²) in [5.74, 6) is -0.432. The minimum absolute atomic E-state index is 0.180. The maximum absolute atomic E-state index is 10.8. The van der Waals surface area contributed by atoms with Gasteiger partial charge in [0.05, 0.1) is 11.4 Å². The molecule has 0 amide bonds. The van der Waals surface area contributed by atoms with Crippen LogP contribution in [0.5, 0.6) is 0 Å². The lowest BCUT2D eigenvalue weighted by molar-refractivity contribution is 0.0690. The molecule has 0 radical (unpaired) electrons. The Bertz CT molecular complexity index is 510. The Morgan fingerprint density at radius 3 is 2.67 bits per heavy atom. The van der Waals surface area contributed by atoms with Crippen molar-refractivity contribution in [1.82, 2.24) is 10.1 Å². The number of carboxylic acid groups (broad SMARTS) is 1. The van der Waals surface area contributed by atoms with E-state index in [4.69, 9.17) is 9.63 Å². The van der Waals surface area contributed by atoms with E-state index in [1.165, 1.54) is 0 Å². The molecule has 2 rings (SSSR count). The number of hydrogen-bond acceptors (Lipinski definition) is 3. The molecule has 0 bridgehead atoms. The number of carboxylic acids is 1. The molecule has 2 heterocycles. The Labute approximate surface area is 85.7 Å². The van der Waals surface area contributed by atoms with E-state index < -0.39 is 5.97 Å². The molecule has 5 heteroatoms. The molecule has 0 aliphatic rings. The van der Waals surface area contributed by atoms with E-state index in [2.05, 4.69) is 10.1 Å². The maximum Gasteiger partial charge on any atom is 0.352 e. The third-order valence-electron chi connectivity index (χ3n) is 2.12. The molecule has 78 valence electrons. The monoisotopic (exact) mass is 206 g/mol. The second-order valence-corrected chi connectivity index (χ2v) is 3.38. The quantitative estimate of drug-likeness (QED) is 0.787. The van der Waals surface area contributed by atoms with Gasteiger partial charge in [-0.15, -0.1) is 0 Å². The number of carbonyl (C=O) groups is 1. The van der Waals surface area contributed by atoms with Crippen LogP contribution in [0.1, 0.15) is 21.7 Å². The Kier molecular flexibility index (Phi) is 2.07. The molecule has 2 aromatic heterocycles. The first-order valence-corrected chi connectivity index (χ1v) is 4.44. The fourth-order valence-electron chi connectivity index (χ4n) is 1.40. The predicted molar refractivity (Wildman–Crippen MR) is 52.7 cm³/mol. The molecule has 0 unspecified atom stereocenters. The number of aromatic amines is 1. The number of nitrogens with one attached hydrogen (secondary N) is 1. The van der Waals surface area contributed by atoms with Crippen LogP contribution in [0.15, 0.2) is 16.7 Å². The first kappa shape index (κ1) is 9.51. The van der Waals surface area contributed by atoms with Crippen LogP contribution in [-0.2, 0) is 0 Å². The van der Waals surface area contributed by atoms with Crippen LogP contribution in [-0.4, -0.2) is 21.2 Å². The minimum Gasteiger partial charge on any atom is -0.477 e. The Morgan fingerprint density at radius 2 is 2.20 bits per heavy atom. The zero-order valence-electron chi connectivity index (χ0n) is 8.37. The first-order valence-electron chi connectivity index (χ1n) is 4.44. The van der Waals surface area contributed by atoms with Crippen LogP contribution >= 0.6 is 0 Å². The molecule has 5 nitrogen and oxygen atoms in total. The Hall–Kier alpha value is -2.04. The van der Waals surface area contributed by atoms with E-state index in [1.54, 1.807) is 26.0 Å². The van der Waals surface area contributed by atoms with Gasteiger partial charge in [-0.2, -0.15) is 0 Å². The van der Waals surface area contributed by atoms with Crippen LogP contribution in [0.2, 0.25) is 0 Å². The molecule has 0 aliphatic carbocycles. The van der Waals surface area contributed by atoms with E-state index in [0.717, 1.165) is 5.69 Å².